The topological polar surface area (TPSA) is 78.4 Å². The van der Waals surface area contributed by atoms with Crippen molar-refractivity contribution in [3.05, 3.63) is 93.5 Å². The van der Waals surface area contributed by atoms with Gasteiger partial charge in [-0.15, -0.1) is 11.6 Å². The number of fused-ring (bicyclic) bond motifs is 3. The third-order valence-corrected chi connectivity index (χ3v) is 5.30. The van der Waals surface area contributed by atoms with Crippen molar-refractivity contribution in [1.82, 2.24) is 0 Å². The van der Waals surface area contributed by atoms with Crippen molar-refractivity contribution < 1.29 is 9.66 Å². The Bertz CT molecular complexity index is 1110. The van der Waals surface area contributed by atoms with Crippen molar-refractivity contribution in [2.24, 2.45) is 5.73 Å². The summed E-state index contributed by atoms with van der Waals surface area (Å²) in [5, 5.41) is 11.3. The van der Waals surface area contributed by atoms with Crippen LogP contribution < -0.4 is 10.5 Å². The zero-order valence-electron chi connectivity index (χ0n) is 15.5. The van der Waals surface area contributed by atoms with E-state index in [9.17, 15) is 10.1 Å². The third kappa shape index (κ3) is 3.62. The van der Waals surface area contributed by atoms with Crippen molar-refractivity contribution in [3.8, 4) is 16.9 Å². The Morgan fingerprint density at radius 1 is 1.00 bits per heavy atom. The maximum atomic E-state index is 11.3. The number of nitrogens with two attached hydrogens (primary N) is 1. The Hall–Kier alpha value is -3.15. The fraction of sp³-hybridized carbons (Fsp3) is 0.130. The Balaban J connectivity index is 1.87. The minimum absolute atomic E-state index is 0.0670. The fourth-order valence-corrected chi connectivity index (χ4v) is 3.73. The quantitative estimate of drug-likeness (QED) is 0.274. The lowest BCUT2D eigenvalue weighted by atomic mass is 10.0. The lowest BCUT2D eigenvalue weighted by Gasteiger charge is -2.16. The highest BCUT2D eigenvalue weighted by atomic mass is 35.5. The van der Waals surface area contributed by atoms with Crippen LogP contribution in [0.5, 0.6) is 5.75 Å². The molecule has 0 saturated heterocycles. The minimum atomic E-state index is -0.371. The number of para-hydroxylation sites is 1. The van der Waals surface area contributed by atoms with Crippen molar-refractivity contribution >= 4 is 28.9 Å². The number of hydrogen-bond acceptors (Lipinski definition) is 4. The summed E-state index contributed by atoms with van der Waals surface area (Å²) in [6.45, 7) is 0.312. The van der Waals surface area contributed by atoms with Gasteiger partial charge in [0.15, 0.2) is 0 Å². The summed E-state index contributed by atoms with van der Waals surface area (Å²) < 4.78 is 5.98. The first-order valence-electron chi connectivity index (χ1n) is 9.24. The number of ether oxygens (including phenoxy) is 1. The number of nitro benzene ring substituents is 1. The van der Waals surface area contributed by atoms with Crippen molar-refractivity contribution in [3.63, 3.8) is 0 Å². The molecule has 0 unspecified atom stereocenters. The zero-order valence-corrected chi connectivity index (χ0v) is 16.3. The number of non-ortho nitro benzene ring substituents is 1. The van der Waals surface area contributed by atoms with Gasteiger partial charge >= 0.3 is 0 Å². The minimum Gasteiger partial charge on any atom is -0.487 e. The van der Waals surface area contributed by atoms with Crippen LogP contribution >= 0.6 is 11.6 Å². The maximum Gasteiger partial charge on any atom is 0.270 e. The highest BCUT2D eigenvalue weighted by Gasteiger charge is 2.25. The summed E-state index contributed by atoms with van der Waals surface area (Å²) in [6, 6.07) is 20.6. The Morgan fingerprint density at radius 3 is 2.41 bits per heavy atom. The van der Waals surface area contributed by atoms with Gasteiger partial charge in [-0.3, -0.25) is 10.1 Å². The predicted molar refractivity (Wildman–Crippen MR) is 116 cm³/mol. The first-order chi connectivity index (χ1) is 14.1. The summed E-state index contributed by atoms with van der Waals surface area (Å²) in [5.74, 6) is 0.965. The van der Waals surface area contributed by atoms with Crippen LogP contribution in [0.3, 0.4) is 0 Å². The second-order valence-electron chi connectivity index (χ2n) is 6.76. The molecule has 0 bridgehead atoms. The molecule has 1 aliphatic rings. The van der Waals surface area contributed by atoms with Crippen LogP contribution in [0, 0.1) is 10.1 Å². The number of benzene rings is 3. The van der Waals surface area contributed by atoms with Gasteiger partial charge in [0, 0.05) is 24.2 Å². The van der Waals surface area contributed by atoms with Gasteiger partial charge in [0.2, 0.25) is 0 Å². The van der Waals surface area contributed by atoms with Crippen LogP contribution in [0.1, 0.15) is 16.7 Å². The van der Waals surface area contributed by atoms with Crippen LogP contribution in [0.4, 0.5) is 5.69 Å². The first kappa shape index (κ1) is 19.2. The molecule has 5 nitrogen and oxygen atoms in total. The van der Waals surface area contributed by atoms with Crippen LogP contribution in [-0.2, 0) is 0 Å². The van der Waals surface area contributed by atoms with E-state index in [1.807, 2.05) is 60.7 Å². The average Bonchev–Trinajstić information content (AvgIpc) is 3.06. The number of halogens is 1. The molecule has 0 spiro atoms. The van der Waals surface area contributed by atoms with Gasteiger partial charge < -0.3 is 10.5 Å². The largest absolute Gasteiger partial charge is 0.487 e. The normalized spacial score (nSPS) is 14.3. The first-order valence-corrected chi connectivity index (χ1v) is 9.78. The molecule has 3 aromatic carbocycles. The van der Waals surface area contributed by atoms with Gasteiger partial charge in [-0.05, 0) is 46.0 Å². The maximum absolute atomic E-state index is 11.3. The van der Waals surface area contributed by atoms with E-state index in [0.29, 0.717) is 18.2 Å². The van der Waals surface area contributed by atoms with E-state index in [2.05, 4.69) is 0 Å². The van der Waals surface area contributed by atoms with E-state index in [4.69, 9.17) is 22.1 Å². The van der Waals surface area contributed by atoms with E-state index in [0.717, 1.165) is 33.4 Å². The Kier molecular flexibility index (Phi) is 5.34. The SMILES string of the molecule is NC[C@@H](CCl)Oc1ccccc1C=C1c2ccccc2-c2ccc([N+](=O)[O-])cc21. The zero-order chi connectivity index (χ0) is 20.4. The molecule has 0 amide bonds. The molecular weight excluding hydrogens is 388 g/mol. The fourth-order valence-electron chi connectivity index (χ4n) is 3.54. The second kappa shape index (κ2) is 8.07. The summed E-state index contributed by atoms with van der Waals surface area (Å²) in [6.07, 6.45) is 1.71. The molecule has 1 aliphatic carbocycles. The molecule has 0 saturated carbocycles. The van der Waals surface area contributed by atoms with Gasteiger partial charge in [-0.25, -0.2) is 0 Å². The molecule has 3 aromatic rings. The molecule has 2 N–H and O–H groups in total. The lowest BCUT2D eigenvalue weighted by Crippen LogP contribution is -2.28. The number of hydrogen-bond donors (Lipinski definition) is 1. The monoisotopic (exact) mass is 406 g/mol. The molecule has 0 fully saturated rings. The summed E-state index contributed by atoms with van der Waals surface area (Å²) >= 11 is 5.94. The Labute approximate surface area is 173 Å². The van der Waals surface area contributed by atoms with Crippen LogP contribution in [0.15, 0.2) is 66.7 Å². The molecule has 0 aromatic heterocycles. The number of nitro groups is 1. The van der Waals surface area contributed by atoms with Crippen LogP contribution in [-0.4, -0.2) is 23.5 Å². The summed E-state index contributed by atoms with van der Waals surface area (Å²) in [7, 11) is 0. The number of rotatable bonds is 6. The van der Waals surface area contributed by atoms with Gasteiger partial charge in [0.05, 0.1) is 10.8 Å². The van der Waals surface area contributed by atoms with Gasteiger partial charge in [-0.1, -0.05) is 42.5 Å². The van der Waals surface area contributed by atoms with Gasteiger partial charge in [-0.2, -0.15) is 0 Å². The van der Waals surface area contributed by atoms with Gasteiger partial charge in [0.1, 0.15) is 11.9 Å². The summed E-state index contributed by atoms with van der Waals surface area (Å²) in [4.78, 5) is 11.0. The molecular formula is C23H19ClN2O3. The smallest absolute Gasteiger partial charge is 0.270 e. The molecule has 1 atom stereocenters. The van der Waals surface area contributed by atoms with Crippen LogP contribution in [0.2, 0.25) is 0 Å². The van der Waals surface area contributed by atoms with Gasteiger partial charge in [0.25, 0.3) is 5.69 Å². The molecule has 29 heavy (non-hydrogen) atoms. The van der Waals surface area contributed by atoms with E-state index >= 15 is 0 Å². The molecule has 0 radical (unpaired) electrons. The molecule has 146 valence electrons. The third-order valence-electron chi connectivity index (χ3n) is 4.96. The van der Waals surface area contributed by atoms with Crippen LogP contribution in [0.25, 0.3) is 22.8 Å². The molecule has 0 heterocycles. The Morgan fingerprint density at radius 2 is 1.69 bits per heavy atom. The highest BCUT2D eigenvalue weighted by Crippen LogP contribution is 2.46. The van der Waals surface area contributed by atoms with E-state index < -0.39 is 0 Å². The van der Waals surface area contributed by atoms with E-state index in [-0.39, 0.29) is 16.7 Å². The number of nitrogens with zero attached hydrogens (tertiary/aromatic N) is 1. The van der Waals surface area contributed by atoms with E-state index in [1.165, 1.54) is 0 Å². The molecule has 4 rings (SSSR count). The highest BCUT2D eigenvalue weighted by molar-refractivity contribution is 6.18. The van der Waals surface area contributed by atoms with Crippen molar-refractivity contribution in [1.29, 1.82) is 0 Å². The summed E-state index contributed by atoms with van der Waals surface area (Å²) in [5.41, 5.74) is 11.5. The second-order valence-corrected chi connectivity index (χ2v) is 7.07. The van der Waals surface area contributed by atoms with E-state index in [1.54, 1.807) is 12.1 Å². The molecule has 6 heteroatoms. The lowest BCUT2D eigenvalue weighted by molar-refractivity contribution is -0.384. The predicted octanol–water partition coefficient (Wildman–Crippen LogP) is 5.11. The molecule has 0 aliphatic heterocycles. The average molecular weight is 407 g/mol. The van der Waals surface area contributed by atoms with Crippen molar-refractivity contribution in [2.75, 3.05) is 12.4 Å². The number of alkyl halides is 1. The van der Waals surface area contributed by atoms with Crippen molar-refractivity contribution in [2.45, 2.75) is 6.10 Å². The standard InChI is InChI=1S/C23H19ClN2O3/c24-13-17(14-25)29-23-8-4-1-5-15(23)11-21-19-7-3-2-6-18(19)20-10-9-16(26(27)28)12-22(20)21/h1-12,17H,13-14,25H2/t17-/m1/s1.